The smallest absolute Gasteiger partial charge is 0.254 e. The summed E-state index contributed by atoms with van der Waals surface area (Å²) >= 11 is 0. The monoisotopic (exact) mass is 423 g/mol. The first-order valence-corrected chi connectivity index (χ1v) is 12.2. The SMILES string of the molecule is CC1CCC(N(C(=O)c2ccc3c(c2)S(=O)(=O)c2ccccc2C3=O)C2CC2)CC1. The van der Waals surface area contributed by atoms with E-state index < -0.39 is 9.84 Å². The van der Waals surface area contributed by atoms with Crippen LogP contribution < -0.4 is 0 Å². The Balaban J connectivity index is 1.53. The van der Waals surface area contributed by atoms with Gasteiger partial charge in [-0.3, -0.25) is 9.59 Å². The molecular formula is C24H25NO4S. The number of nitrogens with zero attached hydrogens (tertiary/aromatic N) is 1. The number of carbonyl (C=O) groups excluding carboxylic acids is 2. The van der Waals surface area contributed by atoms with E-state index in [0.29, 0.717) is 11.5 Å². The van der Waals surface area contributed by atoms with Crippen molar-refractivity contribution in [1.29, 1.82) is 0 Å². The number of sulfone groups is 1. The summed E-state index contributed by atoms with van der Waals surface area (Å²) in [4.78, 5) is 28.3. The molecule has 2 saturated carbocycles. The van der Waals surface area contributed by atoms with E-state index in [9.17, 15) is 18.0 Å². The van der Waals surface area contributed by atoms with Crippen molar-refractivity contribution in [3.8, 4) is 0 Å². The van der Waals surface area contributed by atoms with E-state index in [4.69, 9.17) is 0 Å². The molecule has 2 aliphatic carbocycles. The zero-order valence-electron chi connectivity index (χ0n) is 17.0. The van der Waals surface area contributed by atoms with Crippen LogP contribution in [0.2, 0.25) is 0 Å². The lowest BCUT2D eigenvalue weighted by Crippen LogP contribution is -2.43. The van der Waals surface area contributed by atoms with Gasteiger partial charge in [-0.15, -0.1) is 0 Å². The van der Waals surface area contributed by atoms with Gasteiger partial charge in [0, 0.05) is 28.8 Å². The van der Waals surface area contributed by atoms with Gasteiger partial charge in [-0.1, -0.05) is 19.1 Å². The van der Waals surface area contributed by atoms with Gasteiger partial charge < -0.3 is 4.90 Å². The molecule has 0 N–H and O–H groups in total. The Morgan fingerprint density at radius 1 is 0.867 bits per heavy atom. The van der Waals surface area contributed by atoms with Gasteiger partial charge in [0.25, 0.3) is 5.91 Å². The molecule has 0 spiro atoms. The fourth-order valence-electron chi connectivity index (χ4n) is 4.87. The zero-order chi connectivity index (χ0) is 21.0. The highest BCUT2D eigenvalue weighted by Crippen LogP contribution is 2.38. The molecule has 1 heterocycles. The topological polar surface area (TPSA) is 71.5 Å². The molecule has 1 aliphatic heterocycles. The highest BCUT2D eigenvalue weighted by atomic mass is 32.2. The Hall–Kier alpha value is -2.47. The van der Waals surface area contributed by atoms with Crippen LogP contribution in [0.15, 0.2) is 52.3 Å². The number of hydrogen-bond donors (Lipinski definition) is 0. The average Bonchev–Trinajstić information content (AvgIpc) is 3.58. The van der Waals surface area contributed by atoms with Crippen molar-refractivity contribution >= 4 is 21.5 Å². The number of hydrogen-bond acceptors (Lipinski definition) is 4. The molecule has 5 rings (SSSR count). The minimum Gasteiger partial charge on any atom is -0.333 e. The quantitative estimate of drug-likeness (QED) is 0.631. The minimum atomic E-state index is -3.84. The van der Waals surface area contributed by atoms with Crippen molar-refractivity contribution in [3.63, 3.8) is 0 Å². The molecular weight excluding hydrogens is 398 g/mol. The van der Waals surface area contributed by atoms with Gasteiger partial charge in [0.05, 0.1) is 9.79 Å². The summed E-state index contributed by atoms with van der Waals surface area (Å²) in [6.07, 6.45) is 6.24. The van der Waals surface area contributed by atoms with E-state index in [1.165, 1.54) is 24.3 Å². The highest BCUT2D eigenvalue weighted by Gasteiger charge is 2.40. The standard InChI is InChI=1S/C24H25NO4S/c1-15-6-9-17(10-7-15)25(18-11-12-18)24(27)16-8-13-20-22(14-16)30(28,29)21-5-3-2-4-19(21)23(20)26/h2-5,8,13-15,17-18H,6-7,9-12H2,1H3. The van der Waals surface area contributed by atoms with Crippen molar-refractivity contribution in [1.82, 2.24) is 4.90 Å². The lowest BCUT2D eigenvalue weighted by Gasteiger charge is -2.36. The summed E-state index contributed by atoms with van der Waals surface area (Å²) in [5, 5.41) is 0. The maximum absolute atomic E-state index is 13.5. The molecule has 5 nitrogen and oxygen atoms in total. The van der Waals surface area contributed by atoms with E-state index in [2.05, 4.69) is 6.92 Å². The van der Waals surface area contributed by atoms with Crippen molar-refractivity contribution in [2.75, 3.05) is 0 Å². The number of rotatable bonds is 3. The molecule has 3 aliphatic rings. The van der Waals surface area contributed by atoms with Crippen LogP contribution in [0.1, 0.15) is 71.7 Å². The second kappa shape index (κ2) is 7.05. The molecule has 0 bridgehead atoms. The van der Waals surface area contributed by atoms with Crippen LogP contribution in [0.25, 0.3) is 0 Å². The third kappa shape index (κ3) is 3.09. The van der Waals surface area contributed by atoms with Crippen molar-refractivity contribution < 1.29 is 18.0 Å². The maximum atomic E-state index is 13.5. The third-order valence-electron chi connectivity index (χ3n) is 6.74. The van der Waals surface area contributed by atoms with Gasteiger partial charge in [0.15, 0.2) is 5.78 Å². The summed E-state index contributed by atoms with van der Waals surface area (Å²) in [5.74, 6) is 0.272. The van der Waals surface area contributed by atoms with Crippen molar-refractivity contribution in [3.05, 3.63) is 59.2 Å². The summed E-state index contributed by atoms with van der Waals surface area (Å²) in [7, 11) is -3.84. The predicted octanol–water partition coefficient (Wildman–Crippen LogP) is 4.25. The average molecular weight is 424 g/mol. The summed E-state index contributed by atoms with van der Waals surface area (Å²) in [6.45, 7) is 2.25. The lowest BCUT2D eigenvalue weighted by atomic mass is 9.86. The Morgan fingerprint density at radius 2 is 1.47 bits per heavy atom. The molecule has 0 atom stereocenters. The van der Waals surface area contributed by atoms with E-state index in [-0.39, 0.29) is 44.7 Å². The molecule has 30 heavy (non-hydrogen) atoms. The number of amides is 1. The van der Waals surface area contributed by atoms with Gasteiger partial charge in [0.2, 0.25) is 9.84 Å². The van der Waals surface area contributed by atoms with Crippen molar-refractivity contribution in [2.24, 2.45) is 5.92 Å². The summed E-state index contributed by atoms with van der Waals surface area (Å²) in [5.41, 5.74) is 0.699. The van der Waals surface area contributed by atoms with Crippen LogP contribution in [0, 0.1) is 5.92 Å². The van der Waals surface area contributed by atoms with Crippen LogP contribution in [0.4, 0.5) is 0 Å². The Kier molecular flexibility index (Phi) is 4.58. The van der Waals surface area contributed by atoms with Gasteiger partial charge >= 0.3 is 0 Å². The van der Waals surface area contributed by atoms with E-state index in [1.807, 2.05) is 4.90 Å². The van der Waals surface area contributed by atoms with Crippen LogP contribution in [-0.2, 0) is 9.84 Å². The summed E-state index contributed by atoms with van der Waals surface area (Å²) in [6, 6.07) is 11.3. The molecule has 2 aromatic rings. The third-order valence-corrected chi connectivity index (χ3v) is 8.59. The largest absolute Gasteiger partial charge is 0.333 e. The van der Waals surface area contributed by atoms with E-state index in [1.54, 1.807) is 18.2 Å². The van der Waals surface area contributed by atoms with Gasteiger partial charge in [-0.25, -0.2) is 8.42 Å². The Morgan fingerprint density at radius 3 is 2.13 bits per heavy atom. The number of ketones is 1. The first-order chi connectivity index (χ1) is 14.4. The molecule has 2 aromatic carbocycles. The minimum absolute atomic E-state index is 0.0208. The Bertz CT molecular complexity index is 1140. The first kappa shape index (κ1) is 19.5. The summed E-state index contributed by atoms with van der Waals surface area (Å²) < 4.78 is 26.4. The van der Waals surface area contributed by atoms with Crippen LogP contribution in [-0.4, -0.2) is 37.1 Å². The van der Waals surface area contributed by atoms with Gasteiger partial charge in [-0.05, 0) is 74.8 Å². The van der Waals surface area contributed by atoms with Crippen LogP contribution >= 0.6 is 0 Å². The molecule has 0 saturated heterocycles. The van der Waals surface area contributed by atoms with E-state index >= 15 is 0 Å². The second-order valence-corrected chi connectivity index (χ2v) is 10.8. The molecule has 6 heteroatoms. The molecule has 0 aromatic heterocycles. The van der Waals surface area contributed by atoms with Crippen LogP contribution in [0.3, 0.4) is 0 Å². The van der Waals surface area contributed by atoms with Crippen molar-refractivity contribution in [2.45, 2.75) is 67.3 Å². The highest BCUT2D eigenvalue weighted by molar-refractivity contribution is 7.91. The van der Waals surface area contributed by atoms with E-state index in [0.717, 1.165) is 38.5 Å². The predicted molar refractivity (Wildman–Crippen MR) is 112 cm³/mol. The fourth-order valence-corrected chi connectivity index (χ4v) is 6.55. The molecule has 0 radical (unpaired) electrons. The maximum Gasteiger partial charge on any atom is 0.254 e. The molecule has 0 unspecified atom stereocenters. The number of benzene rings is 2. The van der Waals surface area contributed by atoms with Gasteiger partial charge in [0.1, 0.15) is 0 Å². The second-order valence-electron chi connectivity index (χ2n) is 8.90. The molecule has 156 valence electrons. The van der Waals surface area contributed by atoms with Gasteiger partial charge in [-0.2, -0.15) is 0 Å². The zero-order valence-corrected chi connectivity index (χ0v) is 17.8. The fraction of sp³-hybridized carbons (Fsp3) is 0.417. The van der Waals surface area contributed by atoms with Crippen LogP contribution in [0.5, 0.6) is 0 Å². The molecule has 2 fully saturated rings. The first-order valence-electron chi connectivity index (χ1n) is 10.7. The normalized spacial score (nSPS) is 24.6. The number of fused-ring (bicyclic) bond motifs is 2. The lowest BCUT2D eigenvalue weighted by molar-refractivity contribution is 0.0592. The number of carbonyl (C=O) groups is 2. The molecule has 1 amide bonds. The Labute approximate surface area is 177 Å².